The van der Waals surface area contributed by atoms with Gasteiger partial charge in [0.05, 0.1) is 9.95 Å². The van der Waals surface area contributed by atoms with Gasteiger partial charge in [-0.3, -0.25) is 10.1 Å². The van der Waals surface area contributed by atoms with E-state index >= 15 is 0 Å². The van der Waals surface area contributed by atoms with Crippen LogP contribution < -0.4 is 9.47 Å². The molecule has 0 saturated heterocycles. The molecule has 0 bridgehead atoms. The van der Waals surface area contributed by atoms with Crippen LogP contribution in [0.1, 0.15) is 5.56 Å². The molecule has 23 heavy (non-hydrogen) atoms. The van der Waals surface area contributed by atoms with Crippen LogP contribution in [0.25, 0.3) is 0 Å². The highest BCUT2D eigenvalue weighted by Gasteiger charge is 2.32. The topological polar surface area (TPSA) is 61.6 Å². The van der Waals surface area contributed by atoms with Crippen molar-refractivity contribution in [2.45, 2.75) is 13.0 Å². The van der Waals surface area contributed by atoms with Crippen LogP contribution in [0.2, 0.25) is 5.02 Å². The van der Waals surface area contributed by atoms with Crippen LogP contribution in [0.15, 0.2) is 42.5 Å². The van der Waals surface area contributed by atoms with E-state index in [2.05, 4.69) is 4.74 Å². The third-order valence-electron chi connectivity index (χ3n) is 2.68. The molecular weight excluding hydrogens is 339 g/mol. The molecule has 0 fully saturated rings. The third-order valence-corrected chi connectivity index (χ3v) is 2.97. The number of hydrogen-bond donors (Lipinski definition) is 0. The van der Waals surface area contributed by atoms with Crippen molar-refractivity contribution in [1.29, 1.82) is 0 Å². The Kier molecular flexibility index (Phi) is 4.95. The molecule has 0 aliphatic carbocycles. The summed E-state index contributed by atoms with van der Waals surface area (Å²) >= 11 is 5.72. The summed E-state index contributed by atoms with van der Waals surface area (Å²) < 4.78 is 45.5. The Labute approximate surface area is 133 Å². The molecule has 0 amide bonds. The van der Waals surface area contributed by atoms with E-state index in [1.54, 1.807) is 0 Å². The van der Waals surface area contributed by atoms with Crippen molar-refractivity contribution in [3.63, 3.8) is 0 Å². The first kappa shape index (κ1) is 16.9. The van der Waals surface area contributed by atoms with Gasteiger partial charge < -0.3 is 9.47 Å². The number of hydrogen-bond acceptors (Lipinski definition) is 4. The predicted molar refractivity (Wildman–Crippen MR) is 75.6 cm³/mol. The zero-order chi connectivity index (χ0) is 17.0. The van der Waals surface area contributed by atoms with Gasteiger partial charge in [-0.1, -0.05) is 17.7 Å². The summed E-state index contributed by atoms with van der Waals surface area (Å²) in [5.41, 5.74) is 0.442. The van der Waals surface area contributed by atoms with Crippen LogP contribution in [0, 0.1) is 10.1 Å². The summed E-state index contributed by atoms with van der Waals surface area (Å²) in [4.78, 5) is 9.98. The molecule has 0 saturated carbocycles. The molecule has 9 heteroatoms. The lowest BCUT2D eigenvalue weighted by atomic mass is 10.2. The second kappa shape index (κ2) is 6.74. The van der Waals surface area contributed by atoms with Crippen LogP contribution in [0.5, 0.6) is 11.5 Å². The van der Waals surface area contributed by atoms with E-state index in [4.69, 9.17) is 16.3 Å². The second-order valence-corrected chi connectivity index (χ2v) is 4.76. The average Bonchev–Trinajstić information content (AvgIpc) is 2.47. The van der Waals surface area contributed by atoms with Gasteiger partial charge in [-0.05, 0) is 29.8 Å². The standard InChI is InChI=1S/C14H9ClF3NO4/c15-12-7-9(1-6-13(12)23-14(16,17)18)8-22-11-4-2-10(3-5-11)19(20)21/h1-7H,8H2. The summed E-state index contributed by atoms with van der Waals surface area (Å²) in [6, 6.07) is 9.14. The molecular formula is C14H9ClF3NO4. The van der Waals surface area contributed by atoms with Crippen molar-refractivity contribution in [2.24, 2.45) is 0 Å². The maximum atomic E-state index is 12.1. The Bertz CT molecular complexity index is 704. The van der Waals surface area contributed by atoms with Gasteiger partial charge in [0.2, 0.25) is 0 Å². The molecule has 0 radical (unpaired) electrons. The predicted octanol–water partition coefficient (Wildman–Crippen LogP) is 4.73. The third kappa shape index (κ3) is 5.03. The van der Waals surface area contributed by atoms with Crippen molar-refractivity contribution in [3.05, 3.63) is 63.2 Å². The fourth-order valence-electron chi connectivity index (χ4n) is 1.67. The number of benzene rings is 2. The molecule has 0 aliphatic heterocycles. The van der Waals surface area contributed by atoms with Crippen LogP contribution in [0.3, 0.4) is 0 Å². The van der Waals surface area contributed by atoms with Gasteiger partial charge in [-0.15, -0.1) is 13.2 Å². The zero-order valence-corrected chi connectivity index (χ0v) is 12.1. The number of halogens is 4. The number of alkyl halides is 3. The SMILES string of the molecule is O=[N+]([O-])c1ccc(OCc2ccc(OC(F)(F)F)c(Cl)c2)cc1. The molecule has 122 valence electrons. The fraction of sp³-hybridized carbons (Fsp3) is 0.143. The minimum Gasteiger partial charge on any atom is -0.489 e. The molecule has 0 aromatic heterocycles. The van der Waals surface area contributed by atoms with E-state index in [1.165, 1.54) is 36.4 Å². The van der Waals surface area contributed by atoms with Crippen LogP contribution >= 0.6 is 11.6 Å². The first-order chi connectivity index (χ1) is 10.7. The highest BCUT2D eigenvalue weighted by atomic mass is 35.5. The lowest BCUT2D eigenvalue weighted by Crippen LogP contribution is -2.17. The minimum atomic E-state index is -4.82. The van der Waals surface area contributed by atoms with E-state index in [9.17, 15) is 23.3 Å². The molecule has 0 spiro atoms. The zero-order valence-electron chi connectivity index (χ0n) is 11.3. The number of non-ortho nitro benzene ring substituents is 1. The molecule has 2 aromatic rings. The van der Waals surface area contributed by atoms with Gasteiger partial charge >= 0.3 is 6.36 Å². The van der Waals surface area contributed by atoms with Crippen molar-refractivity contribution in [3.8, 4) is 11.5 Å². The number of rotatable bonds is 5. The van der Waals surface area contributed by atoms with Gasteiger partial charge in [-0.2, -0.15) is 0 Å². The van der Waals surface area contributed by atoms with Gasteiger partial charge in [0, 0.05) is 12.1 Å². The Balaban J connectivity index is 2.01. The summed E-state index contributed by atoms with van der Waals surface area (Å²) in [6.45, 7) is 0.0316. The first-order valence-corrected chi connectivity index (χ1v) is 6.54. The van der Waals surface area contributed by atoms with Crippen molar-refractivity contribution < 1.29 is 27.6 Å². The van der Waals surface area contributed by atoms with Gasteiger partial charge in [0.25, 0.3) is 5.69 Å². The number of nitro groups is 1. The van der Waals surface area contributed by atoms with Crippen molar-refractivity contribution in [2.75, 3.05) is 0 Å². The van der Waals surface area contributed by atoms with E-state index < -0.39 is 17.0 Å². The maximum Gasteiger partial charge on any atom is 0.573 e. The highest BCUT2D eigenvalue weighted by Crippen LogP contribution is 2.31. The largest absolute Gasteiger partial charge is 0.573 e. The summed E-state index contributed by atoms with van der Waals surface area (Å²) in [7, 11) is 0. The number of nitrogens with zero attached hydrogens (tertiary/aromatic N) is 1. The Hall–Kier alpha value is -2.48. The summed E-state index contributed by atoms with van der Waals surface area (Å²) in [5.74, 6) is -0.124. The van der Waals surface area contributed by atoms with E-state index in [-0.39, 0.29) is 17.3 Å². The first-order valence-electron chi connectivity index (χ1n) is 6.16. The van der Waals surface area contributed by atoms with E-state index in [1.807, 2.05) is 0 Å². The van der Waals surface area contributed by atoms with Crippen molar-refractivity contribution in [1.82, 2.24) is 0 Å². The fourth-order valence-corrected chi connectivity index (χ4v) is 1.91. The van der Waals surface area contributed by atoms with Crippen LogP contribution in [0.4, 0.5) is 18.9 Å². The van der Waals surface area contributed by atoms with Gasteiger partial charge in [-0.25, -0.2) is 0 Å². The lowest BCUT2D eigenvalue weighted by molar-refractivity contribution is -0.384. The van der Waals surface area contributed by atoms with E-state index in [0.717, 1.165) is 6.07 Å². The molecule has 0 heterocycles. The minimum absolute atomic E-state index is 0.0316. The molecule has 2 rings (SSSR count). The summed E-state index contributed by atoms with van der Waals surface area (Å²) in [5, 5.41) is 10.3. The Morgan fingerprint density at radius 3 is 2.30 bits per heavy atom. The average molecular weight is 348 g/mol. The van der Waals surface area contributed by atoms with Crippen LogP contribution in [-0.4, -0.2) is 11.3 Å². The molecule has 0 unspecified atom stereocenters. The quantitative estimate of drug-likeness (QED) is 0.579. The summed E-state index contributed by atoms with van der Waals surface area (Å²) in [6.07, 6.45) is -4.82. The monoisotopic (exact) mass is 347 g/mol. The second-order valence-electron chi connectivity index (χ2n) is 4.35. The molecule has 0 atom stereocenters. The Morgan fingerprint density at radius 2 is 1.78 bits per heavy atom. The lowest BCUT2D eigenvalue weighted by Gasteiger charge is -2.12. The van der Waals surface area contributed by atoms with Gasteiger partial charge in [0.1, 0.15) is 18.1 Å². The molecule has 0 N–H and O–H groups in total. The van der Waals surface area contributed by atoms with Crippen molar-refractivity contribution >= 4 is 17.3 Å². The number of ether oxygens (including phenoxy) is 2. The van der Waals surface area contributed by atoms with Gasteiger partial charge in [0.15, 0.2) is 0 Å². The Morgan fingerprint density at radius 1 is 1.13 bits per heavy atom. The van der Waals surface area contributed by atoms with Crippen LogP contribution in [-0.2, 0) is 6.61 Å². The highest BCUT2D eigenvalue weighted by molar-refractivity contribution is 6.32. The molecule has 0 aliphatic rings. The smallest absolute Gasteiger partial charge is 0.489 e. The van der Waals surface area contributed by atoms with E-state index in [0.29, 0.717) is 11.3 Å². The number of nitro benzene ring substituents is 1. The molecule has 2 aromatic carbocycles. The maximum absolute atomic E-state index is 12.1. The normalized spacial score (nSPS) is 11.1. The molecule has 5 nitrogen and oxygen atoms in total.